The maximum atomic E-state index is 11.7. The Kier molecular flexibility index (Phi) is 5.60. The van der Waals surface area contributed by atoms with E-state index in [-0.39, 0.29) is 5.97 Å². The van der Waals surface area contributed by atoms with Crippen molar-refractivity contribution in [2.45, 2.75) is 40.2 Å². The third kappa shape index (κ3) is 3.69. The summed E-state index contributed by atoms with van der Waals surface area (Å²) in [6.07, 6.45) is 1.21. The Morgan fingerprint density at radius 3 is 2.50 bits per heavy atom. The predicted octanol–water partition coefficient (Wildman–Crippen LogP) is 1.60. The molecule has 0 aliphatic carbocycles. The molecule has 0 amide bonds. The van der Waals surface area contributed by atoms with Crippen LogP contribution in [0.1, 0.15) is 34.1 Å². The molecule has 0 bridgehead atoms. The van der Waals surface area contributed by atoms with Crippen LogP contribution in [0.2, 0.25) is 0 Å². The topological polar surface area (TPSA) is 32.8 Å². The molecule has 0 saturated carbocycles. The zero-order valence-electron chi connectivity index (χ0n) is 12.5. The first-order chi connectivity index (χ1) is 8.44. The molecular weight excluding hydrogens is 228 g/mol. The van der Waals surface area contributed by atoms with Crippen LogP contribution in [0.25, 0.3) is 0 Å². The van der Waals surface area contributed by atoms with E-state index >= 15 is 0 Å². The van der Waals surface area contributed by atoms with Crippen LogP contribution >= 0.6 is 0 Å². The molecule has 1 aliphatic heterocycles. The van der Waals surface area contributed by atoms with Gasteiger partial charge in [0.15, 0.2) is 0 Å². The van der Waals surface area contributed by atoms with Gasteiger partial charge < -0.3 is 9.64 Å². The average molecular weight is 256 g/mol. The Morgan fingerprint density at radius 2 is 2.00 bits per heavy atom. The summed E-state index contributed by atoms with van der Waals surface area (Å²) in [6, 6.07) is 0.647. The number of likely N-dealkylation sites (tertiary alicyclic amines) is 1. The first kappa shape index (κ1) is 15.4. The number of rotatable bonds is 6. The van der Waals surface area contributed by atoms with Crippen molar-refractivity contribution < 1.29 is 9.53 Å². The molecule has 1 unspecified atom stereocenters. The van der Waals surface area contributed by atoms with Crippen molar-refractivity contribution in [3.8, 4) is 0 Å². The van der Waals surface area contributed by atoms with Crippen molar-refractivity contribution >= 4 is 5.97 Å². The highest BCUT2D eigenvalue weighted by molar-refractivity contribution is 5.76. The van der Waals surface area contributed by atoms with Gasteiger partial charge in [0, 0.05) is 19.1 Å². The van der Waals surface area contributed by atoms with Gasteiger partial charge in [-0.05, 0) is 39.9 Å². The van der Waals surface area contributed by atoms with Crippen LogP contribution in [-0.2, 0) is 9.53 Å². The van der Waals surface area contributed by atoms with Gasteiger partial charge in [-0.3, -0.25) is 9.69 Å². The minimum absolute atomic E-state index is 0.117. The van der Waals surface area contributed by atoms with Gasteiger partial charge in [0.25, 0.3) is 0 Å². The highest BCUT2D eigenvalue weighted by Crippen LogP contribution is 2.23. The molecule has 0 aromatic carbocycles. The average Bonchev–Trinajstić information content (AvgIpc) is 2.77. The van der Waals surface area contributed by atoms with E-state index in [0.717, 1.165) is 32.7 Å². The van der Waals surface area contributed by atoms with E-state index < -0.39 is 5.41 Å². The number of methoxy groups -OCH3 is 1. The summed E-state index contributed by atoms with van der Waals surface area (Å²) < 4.78 is 4.87. The van der Waals surface area contributed by atoms with Crippen LogP contribution < -0.4 is 0 Å². The normalized spacial score (nSPS) is 21.6. The van der Waals surface area contributed by atoms with Gasteiger partial charge in [-0.25, -0.2) is 0 Å². The molecule has 106 valence electrons. The number of hydrogen-bond acceptors (Lipinski definition) is 4. The summed E-state index contributed by atoms with van der Waals surface area (Å²) in [4.78, 5) is 16.6. The maximum Gasteiger partial charge on any atom is 0.312 e. The van der Waals surface area contributed by atoms with E-state index in [1.54, 1.807) is 0 Å². The van der Waals surface area contributed by atoms with Crippen LogP contribution in [0.4, 0.5) is 0 Å². The summed E-state index contributed by atoms with van der Waals surface area (Å²) in [7, 11) is 1.47. The highest BCUT2D eigenvalue weighted by atomic mass is 16.5. The molecule has 0 N–H and O–H groups in total. The molecule has 1 rings (SSSR count). The number of carbonyl (C=O) groups excluding carboxylic acids is 1. The Labute approximate surface area is 111 Å². The summed E-state index contributed by atoms with van der Waals surface area (Å²) in [5.41, 5.74) is -0.410. The third-order valence-corrected chi connectivity index (χ3v) is 3.93. The van der Waals surface area contributed by atoms with E-state index in [1.807, 2.05) is 13.8 Å². The summed E-state index contributed by atoms with van der Waals surface area (Å²) in [5, 5.41) is 0. The number of likely N-dealkylation sites (N-methyl/N-ethyl adjacent to an activating group) is 1. The van der Waals surface area contributed by atoms with Gasteiger partial charge in [0.1, 0.15) is 0 Å². The smallest absolute Gasteiger partial charge is 0.312 e. The van der Waals surface area contributed by atoms with Gasteiger partial charge in [-0.15, -0.1) is 0 Å². The first-order valence-electron chi connectivity index (χ1n) is 6.99. The second kappa shape index (κ2) is 6.53. The molecule has 1 saturated heterocycles. The number of esters is 1. The minimum atomic E-state index is -0.410. The standard InChI is InChI=1S/C14H28N2O2/c1-6-16(7-2)12-8-9-15(10-12)11-14(3,4)13(17)18-5/h12H,6-11H2,1-5H3. The number of ether oxygens (including phenoxy) is 1. The quantitative estimate of drug-likeness (QED) is 0.676. The van der Waals surface area contributed by atoms with E-state index in [0.29, 0.717) is 6.04 Å². The predicted molar refractivity (Wildman–Crippen MR) is 73.6 cm³/mol. The molecular formula is C14H28N2O2. The van der Waals surface area contributed by atoms with Gasteiger partial charge >= 0.3 is 5.97 Å². The highest BCUT2D eigenvalue weighted by Gasteiger charge is 2.34. The molecule has 0 aromatic rings. The van der Waals surface area contributed by atoms with Crippen LogP contribution in [0, 0.1) is 5.41 Å². The summed E-state index contributed by atoms with van der Waals surface area (Å²) in [6.45, 7) is 13.5. The fourth-order valence-electron chi connectivity index (χ4n) is 2.89. The van der Waals surface area contributed by atoms with Gasteiger partial charge in [0.05, 0.1) is 12.5 Å². The third-order valence-electron chi connectivity index (χ3n) is 3.93. The van der Waals surface area contributed by atoms with E-state index in [9.17, 15) is 4.79 Å². The maximum absolute atomic E-state index is 11.7. The monoisotopic (exact) mass is 256 g/mol. The minimum Gasteiger partial charge on any atom is -0.469 e. The van der Waals surface area contributed by atoms with Crippen molar-refractivity contribution in [2.75, 3.05) is 39.8 Å². The second-order valence-corrected chi connectivity index (χ2v) is 5.77. The lowest BCUT2D eigenvalue weighted by atomic mass is 9.93. The van der Waals surface area contributed by atoms with Crippen molar-refractivity contribution in [3.63, 3.8) is 0 Å². The fraction of sp³-hybridized carbons (Fsp3) is 0.929. The zero-order valence-corrected chi connectivity index (χ0v) is 12.5. The lowest BCUT2D eigenvalue weighted by Crippen LogP contribution is -2.41. The van der Waals surface area contributed by atoms with Crippen molar-refractivity contribution in [3.05, 3.63) is 0 Å². The Bertz CT molecular complexity index is 275. The number of nitrogens with zero attached hydrogens (tertiary/aromatic N) is 2. The largest absolute Gasteiger partial charge is 0.469 e. The van der Waals surface area contributed by atoms with Gasteiger partial charge in [-0.1, -0.05) is 13.8 Å². The summed E-state index contributed by atoms with van der Waals surface area (Å²) in [5.74, 6) is -0.117. The van der Waals surface area contributed by atoms with Crippen LogP contribution in [0.3, 0.4) is 0 Å². The van der Waals surface area contributed by atoms with Crippen LogP contribution in [0.15, 0.2) is 0 Å². The summed E-state index contributed by atoms with van der Waals surface area (Å²) >= 11 is 0. The van der Waals surface area contributed by atoms with Gasteiger partial charge in [0.2, 0.25) is 0 Å². The number of hydrogen-bond donors (Lipinski definition) is 0. The Morgan fingerprint density at radius 1 is 1.39 bits per heavy atom. The molecule has 18 heavy (non-hydrogen) atoms. The molecule has 1 atom stereocenters. The first-order valence-corrected chi connectivity index (χ1v) is 6.99. The molecule has 1 heterocycles. The molecule has 1 fully saturated rings. The van der Waals surface area contributed by atoms with Gasteiger partial charge in [-0.2, -0.15) is 0 Å². The molecule has 4 heteroatoms. The molecule has 0 radical (unpaired) electrons. The van der Waals surface area contributed by atoms with E-state index in [4.69, 9.17) is 4.74 Å². The SMILES string of the molecule is CCN(CC)C1CCN(CC(C)(C)C(=O)OC)C1. The number of carbonyl (C=O) groups is 1. The van der Waals surface area contributed by atoms with Crippen molar-refractivity contribution in [1.29, 1.82) is 0 Å². The lowest BCUT2D eigenvalue weighted by molar-refractivity contribution is -0.151. The Balaban J connectivity index is 2.50. The zero-order chi connectivity index (χ0) is 13.8. The van der Waals surface area contributed by atoms with Crippen LogP contribution in [-0.4, -0.2) is 61.6 Å². The molecule has 0 aromatic heterocycles. The Hall–Kier alpha value is -0.610. The molecule has 1 aliphatic rings. The van der Waals surface area contributed by atoms with Crippen molar-refractivity contribution in [1.82, 2.24) is 9.80 Å². The van der Waals surface area contributed by atoms with E-state index in [1.165, 1.54) is 13.5 Å². The molecule has 4 nitrogen and oxygen atoms in total. The van der Waals surface area contributed by atoms with E-state index in [2.05, 4.69) is 23.6 Å². The fourth-order valence-corrected chi connectivity index (χ4v) is 2.89. The second-order valence-electron chi connectivity index (χ2n) is 5.77. The lowest BCUT2D eigenvalue weighted by Gasteiger charge is -2.29. The van der Waals surface area contributed by atoms with Crippen LogP contribution in [0.5, 0.6) is 0 Å². The van der Waals surface area contributed by atoms with Crippen molar-refractivity contribution in [2.24, 2.45) is 5.41 Å². The molecule has 0 spiro atoms.